The van der Waals surface area contributed by atoms with Gasteiger partial charge < -0.3 is 20.3 Å². The number of nitrogens with two attached hydrogens (primary N) is 1. The van der Waals surface area contributed by atoms with E-state index in [9.17, 15) is 19.1 Å². The average Bonchev–Trinajstić information content (AvgIpc) is 2.88. The van der Waals surface area contributed by atoms with E-state index in [1.807, 2.05) is 0 Å². The van der Waals surface area contributed by atoms with Crippen LogP contribution in [0, 0.1) is 17.7 Å². The van der Waals surface area contributed by atoms with E-state index in [2.05, 4.69) is 16.8 Å². The number of benzene rings is 1. The van der Waals surface area contributed by atoms with E-state index in [4.69, 9.17) is 5.73 Å². The maximum Gasteiger partial charge on any atom is 0.284 e. The van der Waals surface area contributed by atoms with Crippen molar-refractivity contribution in [1.82, 2.24) is 14.5 Å². The predicted octanol–water partition coefficient (Wildman–Crippen LogP) is 1.49. The summed E-state index contributed by atoms with van der Waals surface area (Å²) in [7, 11) is 3.39. The van der Waals surface area contributed by atoms with E-state index >= 15 is 0 Å². The van der Waals surface area contributed by atoms with Gasteiger partial charge in [0, 0.05) is 44.2 Å². The molecule has 1 heterocycles. The fraction of sp³-hybridized carbons (Fsp3) is 0.409. The zero-order valence-electron chi connectivity index (χ0n) is 16.9. The lowest BCUT2D eigenvalue weighted by Gasteiger charge is -2.34. The number of aliphatic hydroxyl groups excluding tert-OH is 1. The van der Waals surface area contributed by atoms with Crippen LogP contribution in [-0.4, -0.2) is 51.6 Å². The number of aromatic nitrogens is 2. The summed E-state index contributed by atoms with van der Waals surface area (Å²) in [4.78, 5) is 28.3. The summed E-state index contributed by atoms with van der Waals surface area (Å²) in [5.74, 6) is 5.01. The van der Waals surface area contributed by atoms with Crippen LogP contribution >= 0.6 is 0 Å². The second-order valence-corrected chi connectivity index (χ2v) is 8.04. The Morgan fingerprint density at radius 1 is 1.47 bits per heavy atom. The van der Waals surface area contributed by atoms with Crippen molar-refractivity contribution in [3.8, 4) is 23.1 Å². The number of halogens is 1. The molecule has 8 heteroatoms. The molecule has 30 heavy (non-hydrogen) atoms. The molecule has 7 nitrogen and oxygen atoms in total. The average molecular weight is 410 g/mol. The van der Waals surface area contributed by atoms with Gasteiger partial charge in [-0.1, -0.05) is 11.8 Å². The van der Waals surface area contributed by atoms with Crippen molar-refractivity contribution >= 4 is 12.3 Å². The SMILES string of the molecule is CN(C=O)CC[C@@H](O)C#Cc1cc2c(cc1F)C1CC(C1)c1c-2nc(C(N)=O)n1C. The summed E-state index contributed by atoms with van der Waals surface area (Å²) in [5.41, 5.74) is 8.88. The van der Waals surface area contributed by atoms with Gasteiger partial charge in [0.05, 0.1) is 11.3 Å². The fourth-order valence-corrected chi connectivity index (χ4v) is 4.33. The van der Waals surface area contributed by atoms with Crippen LogP contribution in [0.5, 0.6) is 0 Å². The number of aliphatic hydroxyl groups is 1. The highest BCUT2D eigenvalue weighted by atomic mass is 19.1. The molecule has 1 aromatic heterocycles. The summed E-state index contributed by atoms with van der Waals surface area (Å²) in [5, 5.41) is 10.0. The molecular weight excluding hydrogens is 387 g/mol. The molecule has 1 atom stereocenters. The van der Waals surface area contributed by atoms with Gasteiger partial charge in [0.15, 0.2) is 5.82 Å². The Kier molecular flexibility index (Phi) is 5.08. The van der Waals surface area contributed by atoms with Crippen molar-refractivity contribution in [2.75, 3.05) is 13.6 Å². The molecule has 1 aromatic carbocycles. The Morgan fingerprint density at radius 3 is 2.87 bits per heavy atom. The molecular formula is C22H23FN4O3. The topological polar surface area (TPSA) is 101 Å². The summed E-state index contributed by atoms with van der Waals surface area (Å²) < 4.78 is 16.5. The zero-order chi connectivity index (χ0) is 21.6. The number of primary amides is 1. The van der Waals surface area contributed by atoms with Crippen molar-refractivity contribution in [3.63, 3.8) is 0 Å². The second kappa shape index (κ2) is 7.58. The molecule has 0 saturated heterocycles. The normalized spacial score (nSPS) is 19.3. The molecule has 0 radical (unpaired) electrons. The number of hydrogen-bond acceptors (Lipinski definition) is 4. The Bertz CT molecular complexity index is 1090. The molecule has 2 bridgehead atoms. The van der Waals surface area contributed by atoms with Gasteiger partial charge in [0.2, 0.25) is 6.41 Å². The van der Waals surface area contributed by atoms with E-state index in [-0.39, 0.29) is 29.6 Å². The summed E-state index contributed by atoms with van der Waals surface area (Å²) in [6.45, 7) is 0.349. The fourth-order valence-electron chi connectivity index (χ4n) is 4.33. The quantitative estimate of drug-likeness (QED) is 0.576. The van der Waals surface area contributed by atoms with Crippen LogP contribution in [0.2, 0.25) is 0 Å². The third-order valence-electron chi connectivity index (χ3n) is 6.03. The third kappa shape index (κ3) is 3.35. The predicted molar refractivity (Wildman–Crippen MR) is 108 cm³/mol. The summed E-state index contributed by atoms with van der Waals surface area (Å²) in [6.07, 6.45) is 1.72. The lowest BCUT2D eigenvalue weighted by atomic mass is 9.71. The van der Waals surface area contributed by atoms with E-state index < -0.39 is 17.8 Å². The van der Waals surface area contributed by atoms with Gasteiger partial charge in [-0.15, -0.1) is 0 Å². The van der Waals surface area contributed by atoms with Gasteiger partial charge in [-0.25, -0.2) is 9.37 Å². The van der Waals surface area contributed by atoms with Gasteiger partial charge in [-0.2, -0.15) is 0 Å². The largest absolute Gasteiger partial charge is 0.380 e. The molecule has 5 rings (SSSR count). The first kappa shape index (κ1) is 20.1. The highest BCUT2D eigenvalue weighted by molar-refractivity contribution is 5.91. The Morgan fingerprint density at radius 2 is 2.20 bits per heavy atom. The molecule has 0 spiro atoms. The number of carbonyl (C=O) groups excluding carboxylic acids is 2. The van der Waals surface area contributed by atoms with Gasteiger partial charge in [0.1, 0.15) is 11.9 Å². The molecule has 1 saturated carbocycles. The number of carbonyl (C=O) groups is 2. The second-order valence-electron chi connectivity index (χ2n) is 8.04. The van der Waals surface area contributed by atoms with Gasteiger partial charge in [-0.3, -0.25) is 9.59 Å². The minimum absolute atomic E-state index is 0.160. The third-order valence-corrected chi connectivity index (χ3v) is 6.03. The molecule has 3 N–H and O–H groups in total. The number of amides is 2. The van der Waals surface area contributed by atoms with E-state index in [1.165, 1.54) is 11.0 Å². The highest BCUT2D eigenvalue weighted by Gasteiger charge is 2.41. The van der Waals surface area contributed by atoms with Crippen LogP contribution in [0.25, 0.3) is 11.3 Å². The number of rotatable bonds is 5. The van der Waals surface area contributed by atoms with E-state index in [1.54, 1.807) is 24.7 Å². The van der Waals surface area contributed by atoms with Gasteiger partial charge in [-0.05, 0) is 36.5 Å². The lowest BCUT2D eigenvalue weighted by Crippen LogP contribution is -2.23. The molecule has 1 fully saturated rings. The number of imidazole rings is 1. The van der Waals surface area contributed by atoms with Crippen molar-refractivity contribution in [2.24, 2.45) is 12.8 Å². The number of nitrogens with zero attached hydrogens (tertiary/aromatic N) is 3. The molecule has 156 valence electrons. The van der Waals surface area contributed by atoms with Gasteiger partial charge in [0.25, 0.3) is 5.91 Å². The zero-order valence-corrected chi connectivity index (χ0v) is 16.9. The lowest BCUT2D eigenvalue weighted by molar-refractivity contribution is -0.117. The highest BCUT2D eigenvalue weighted by Crippen LogP contribution is 2.55. The molecule has 2 amide bonds. The molecule has 0 unspecified atom stereocenters. The molecule has 0 aliphatic heterocycles. The summed E-state index contributed by atoms with van der Waals surface area (Å²) in [6, 6.07) is 3.15. The smallest absolute Gasteiger partial charge is 0.284 e. The van der Waals surface area contributed by atoms with Crippen molar-refractivity contribution in [2.45, 2.75) is 37.2 Å². The molecule has 3 aliphatic carbocycles. The maximum atomic E-state index is 14.8. The van der Waals surface area contributed by atoms with Crippen LogP contribution in [-0.2, 0) is 11.8 Å². The van der Waals surface area contributed by atoms with E-state index in [0.717, 1.165) is 29.7 Å². The first-order chi connectivity index (χ1) is 14.3. The standard InChI is InChI=1S/C22H23FN4O3/c1-26(11-28)6-5-15(29)4-3-12-9-17-16(10-18(12)23)13-7-14(8-13)20-19(17)25-22(21(24)30)27(20)2/h9-11,13-15,29H,5-8H2,1-2H3,(H2,24,30)/t13?,14?,15-/m0/s1. The monoisotopic (exact) mass is 410 g/mol. The van der Waals surface area contributed by atoms with Crippen molar-refractivity contribution in [3.05, 3.63) is 40.6 Å². The maximum absolute atomic E-state index is 14.8. The first-order valence-electron chi connectivity index (χ1n) is 9.85. The minimum atomic E-state index is -0.981. The van der Waals surface area contributed by atoms with Crippen LogP contribution in [0.15, 0.2) is 12.1 Å². The van der Waals surface area contributed by atoms with Crippen LogP contribution in [0.1, 0.15) is 58.5 Å². The minimum Gasteiger partial charge on any atom is -0.380 e. The molecule has 2 aromatic rings. The van der Waals surface area contributed by atoms with Crippen LogP contribution in [0.3, 0.4) is 0 Å². The van der Waals surface area contributed by atoms with Crippen LogP contribution < -0.4 is 5.73 Å². The van der Waals surface area contributed by atoms with Crippen molar-refractivity contribution in [1.29, 1.82) is 0 Å². The number of hydrogen-bond donors (Lipinski definition) is 2. The first-order valence-corrected chi connectivity index (χ1v) is 9.85. The van der Waals surface area contributed by atoms with Gasteiger partial charge >= 0.3 is 0 Å². The summed E-state index contributed by atoms with van der Waals surface area (Å²) >= 11 is 0. The Balaban J connectivity index is 1.72. The Labute approximate surface area is 173 Å². The van der Waals surface area contributed by atoms with Crippen molar-refractivity contribution < 1.29 is 19.1 Å². The van der Waals surface area contributed by atoms with E-state index in [0.29, 0.717) is 18.6 Å². The Hall–Kier alpha value is -3.18. The molecule has 3 aliphatic rings. The van der Waals surface area contributed by atoms with Crippen LogP contribution in [0.4, 0.5) is 4.39 Å².